The van der Waals surface area contributed by atoms with E-state index >= 15 is 0 Å². The predicted molar refractivity (Wildman–Crippen MR) is 428 cm³/mol. The molecule has 0 heterocycles. The molecular formula is C85H166O17P2. The Balaban J connectivity index is 5.24. The van der Waals surface area contributed by atoms with Crippen LogP contribution in [0.5, 0.6) is 0 Å². The van der Waals surface area contributed by atoms with Crippen molar-refractivity contribution in [2.75, 3.05) is 39.6 Å². The summed E-state index contributed by atoms with van der Waals surface area (Å²) in [4.78, 5) is 73.2. The van der Waals surface area contributed by atoms with E-state index < -0.39 is 97.5 Å². The van der Waals surface area contributed by atoms with Crippen molar-refractivity contribution in [1.29, 1.82) is 0 Å². The molecule has 0 aromatic carbocycles. The Morgan fingerprint density at radius 3 is 0.654 bits per heavy atom. The van der Waals surface area contributed by atoms with Gasteiger partial charge in [0, 0.05) is 25.7 Å². The highest BCUT2D eigenvalue weighted by atomic mass is 31.2. The Morgan fingerprint density at radius 2 is 0.442 bits per heavy atom. The van der Waals surface area contributed by atoms with Crippen molar-refractivity contribution in [1.82, 2.24) is 0 Å². The summed E-state index contributed by atoms with van der Waals surface area (Å²) in [5.41, 5.74) is 0. The van der Waals surface area contributed by atoms with Crippen molar-refractivity contribution in [3.8, 4) is 0 Å². The molecule has 0 aliphatic heterocycles. The molecule has 0 saturated heterocycles. The molecule has 0 rings (SSSR count). The minimum atomic E-state index is -4.97. The van der Waals surface area contributed by atoms with Crippen LogP contribution >= 0.6 is 15.6 Å². The quantitative estimate of drug-likeness (QED) is 0.0222. The number of carbonyl (C=O) groups is 4. The van der Waals surface area contributed by atoms with E-state index in [4.69, 9.17) is 37.0 Å². The lowest BCUT2D eigenvalue weighted by atomic mass is 10.0. The Labute approximate surface area is 638 Å². The van der Waals surface area contributed by atoms with Crippen LogP contribution < -0.4 is 0 Å². The number of ether oxygens (including phenoxy) is 4. The number of aliphatic hydroxyl groups is 1. The van der Waals surface area contributed by atoms with E-state index in [9.17, 15) is 43.2 Å². The van der Waals surface area contributed by atoms with Crippen molar-refractivity contribution < 1.29 is 80.2 Å². The van der Waals surface area contributed by atoms with Crippen molar-refractivity contribution in [3.63, 3.8) is 0 Å². The zero-order valence-electron chi connectivity index (χ0n) is 68.3. The molecule has 0 saturated carbocycles. The highest BCUT2D eigenvalue weighted by Crippen LogP contribution is 2.45. The SMILES string of the molecule is CCCCCCCCCCCCCCCCCCCCCCC(=O)O[C@H](COC(=O)CCCCCCCCCCCCCCCCC(C)C)COP(=O)(O)OC[C@@H](O)COP(=O)(O)OC[C@@H](COC(=O)CCCCCCCCCCC(C)C)OC(=O)CCCCCCCCCCCCCCCCCC. The van der Waals surface area contributed by atoms with Gasteiger partial charge in [0.15, 0.2) is 12.2 Å². The van der Waals surface area contributed by atoms with Gasteiger partial charge in [0.1, 0.15) is 19.3 Å². The van der Waals surface area contributed by atoms with Gasteiger partial charge in [-0.3, -0.25) is 37.3 Å². The molecule has 618 valence electrons. The topological polar surface area (TPSA) is 237 Å². The molecule has 0 amide bonds. The van der Waals surface area contributed by atoms with E-state index in [1.165, 1.54) is 270 Å². The smallest absolute Gasteiger partial charge is 0.462 e. The van der Waals surface area contributed by atoms with Gasteiger partial charge in [-0.05, 0) is 37.5 Å². The molecule has 3 N–H and O–H groups in total. The van der Waals surface area contributed by atoms with Gasteiger partial charge < -0.3 is 33.8 Å². The van der Waals surface area contributed by atoms with Crippen molar-refractivity contribution in [3.05, 3.63) is 0 Å². The maximum atomic E-state index is 13.1. The lowest BCUT2D eigenvalue weighted by molar-refractivity contribution is -0.161. The lowest BCUT2D eigenvalue weighted by Gasteiger charge is -2.21. The molecule has 0 spiro atoms. The Bertz CT molecular complexity index is 1990. The normalized spacial score (nSPS) is 13.8. The van der Waals surface area contributed by atoms with E-state index in [0.29, 0.717) is 25.7 Å². The lowest BCUT2D eigenvalue weighted by Crippen LogP contribution is -2.30. The minimum absolute atomic E-state index is 0.108. The van der Waals surface area contributed by atoms with Crippen LogP contribution in [0.3, 0.4) is 0 Å². The van der Waals surface area contributed by atoms with Crippen LogP contribution in [0.4, 0.5) is 0 Å². The fraction of sp³-hybridized carbons (Fsp3) is 0.953. The molecule has 104 heavy (non-hydrogen) atoms. The highest BCUT2D eigenvalue weighted by Gasteiger charge is 2.30. The molecule has 0 fully saturated rings. The second kappa shape index (κ2) is 76.4. The van der Waals surface area contributed by atoms with Crippen molar-refractivity contribution in [2.45, 2.75) is 471 Å². The molecular weight excluding hydrogens is 1350 g/mol. The van der Waals surface area contributed by atoms with Gasteiger partial charge in [0.25, 0.3) is 0 Å². The van der Waals surface area contributed by atoms with E-state index in [2.05, 4.69) is 41.5 Å². The zero-order valence-corrected chi connectivity index (χ0v) is 70.1. The molecule has 0 aromatic rings. The van der Waals surface area contributed by atoms with Gasteiger partial charge in [0.05, 0.1) is 26.4 Å². The Morgan fingerprint density at radius 1 is 0.260 bits per heavy atom. The van der Waals surface area contributed by atoms with Gasteiger partial charge >= 0.3 is 39.5 Å². The number of aliphatic hydroxyl groups excluding tert-OH is 1. The summed E-state index contributed by atoms with van der Waals surface area (Å²) in [6.07, 6.45) is 68.0. The Hall–Kier alpha value is -1.94. The second-order valence-electron chi connectivity index (χ2n) is 31.5. The van der Waals surface area contributed by atoms with E-state index in [-0.39, 0.29) is 25.7 Å². The number of esters is 4. The van der Waals surface area contributed by atoms with Crippen molar-refractivity contribution in [2.24, 2.45) is 11.8 Å². The summed E-state index contributed by atoms with van der Waals surface area (Å²) >= 11 is 0. The molecule has 0 bridgehead atoms. The van der Waals surface area contributed by atoms with E-state index in [0.717, 1.165) is 102 Å². The molecule has 2 unspecified atom stereocenters. The molecule has 5 atom stereocenters. The summed E-state index contributed by atoms with van der Waals surface area (Å²) in [6.45, 7) is 9.66. The largest absolute Gasteiger partial charge is 0.472 e. The van der Waals surface area contributed by atoms with Gasteiger partial charge in [-0.15, -0.1) is 0 Å². The number of rotatable bonds is 84. The molecule has 17 nitrogen and oxygen atoms in total. The van der Waals surface area contributed by atoms with Crippen LogP contribution in [0, 0.1) is 11.8 Å². The summed E-state index contributed by atoms with van der Waals surface area (Å²) in [6, 6.07) is 0. The molecule has 0 aromatic heterocycles. The zero-order chi connectivity index (χ0) is 76.4. The Kier molecular flexibility index (Phi) is 75.0. The maximum absolute atomic E-state index is 13.1. The van der Waals surface area contributed by atoms with Crippen molar-refractivity contribution >= 4 is 39.5 Å². The number of phosphoric acid groups is 2. The minimum Gasteiger partial charge on any atom is -0.462 e. The van der Waals surface area contributed by atoms with Crippen LogP contribution in [-0.2, 0) is 65.4 Å². The first-order valence-electron chi connectivity index (χ1n) is 44.0. The molecule has 19 heteroatoms. The third-order valence-corrected chi connectivity index (χ3v) is 21.9. The van der Waals surface area contributed by atoms with Gasteiger partial charge in [-0.1, -0.05) is 401 Å². The molecule has 0 aliphatic carbocycles. The van der Waals surface area contributed by atoms with Crippen LogP contribution in [0.25, 0.3) is 0 Å². The third-order valence-electron chi connectivity index (χ3n) is 20.0. The van der Waals surface area contributed by atoms with Crippen LogP contribution in [0.15, 0.2) is 0 Å². The van der Waals surface area contributed by atoms with Crippen LogP contribution in [-0.4, -0.2) is 96.7 Å². The van der Waals surface area contributed by atoms with Gasteiger partial charge in [-0.2, -0.15) is 0 Å². The van der Waals surface area contributed by atoms with E-state index in [1.54, 1.807) is 0 Å². The standard InChI is InChI=1S/C85H166O17P2/c1-7-9-11-13-15-17-19-21-23-25-26-27-28-30-36-40-44-52-58-64-70-84(89)101-80(73-95-82(87)67-61-55-49-42-38-34-32-31-33-37-41-47-53-59-65-77(3)4)75-99-103(91,92)97-71-79(86)72-98-104(93,94)100-76-81(74-96-83(88)68-62-56-50-46-45-48-54-60-66-78(5)6)102-85(90)69-63-57-51-43-39-35-29-24-22-20-18-16-14-12-10-8-2/h77-81,86H,7-76H2,1-6H3,(H,91,92)(H,93,94)/t79-,80-,81-/m1/s1. The number of unbranched alkanes of at least 4 members (excludes halogenated alkanes) is 54. The fourth-order valence-electron chi connectivity index (χ4n) is 13.2. The summed E-state index contributed by atoms with van der Waals surface area (Å²) in [7, 11) is -9.93. The molecule has 0 aliphatic rings. The van der Waals surface area contributed by atoms with Gasteiger partial charge in [-0.25, -0.2) is 9.13 Å². The average molecular weight is 1520 g/mol. The predicted octanol–water partition coefficient (Wildman–Crippen LogP) is 25.8. The number of phosphoric ester groups is 2. The van der Waals surface area contributed by atoms with Crippen LogP contribution in [0.2, 0.25) is 0 Å². The molecule has 0 radical (unpaired) electrons. The number of hydrogen-bond donors (Lipinski definition) is 3. The summed E-state index contributed by atoms with van der Waals surface area (Å²) in [5.74, 6) is -0.577. The highest BCUT2D eigenvalue weighted by molar-refractivity contribution is 7.47. The number of carbonyl (C=O) groups excluding carboxylic acids is 4. The second-order valence-corrected chi connectivity index (χ2v) is 34.4. The van der Waals surface area contributed by atoms with E-state index in [1.807, 2.05) is 0 Å². The van der Waals surface area contributed by atoms with Gasteiger partial charge in [0.2, 0.25) is 0 Å². The first-order valence-corrected chi connectivity index (χ1v) is 47.0. The number of hydrogen-bond acceptors (Lipinski definition) is 15. The average Bonchev–Trinajstić information content (AvgIpc) is 0.905. The monoisotopic (exact) mass is 1520 g/mol. The fourth-order valence-corrected chi connectivity index (χ4v) is 14.8. The third kappa shape index (κ3) is 78.2. The first kappa shape index (κ1) is 102. The summed E-state index contributed by atoms with van der Waals surface area (Å²) in [5, 5.41) is 10.7. The maximum Gasteiger partial charge on any atom is 0.472 e. The summed E-state index contributed by atoms with van der Waals surface area (Å²) < 4.78 is 68.9. The van der Waals surface area contributed by atoms with Crippen LogP contribution in [0.1, 0.15) is 452 Å². The first-order chi connectivity index (χ1) is 50.4.